The maximum absolute atomic E-state index is 12.7. The molecule has 2 fully saturated rings. The number of hydrogen-bond acceptors (Lipinski definition) is 3. The van der Waals surface area contributed by atoms with Gasteiger partial charge in [-0.15, -0.1) is 0 Å². The van der Waals surface area contributed by atoms with E-state index in [0.717, 1.165) is 42.2 Å². The number of nitrogens with one attached hydrogen (secondary N) is 1. The van der Waals surface area contributed by atoms with Crippen molar-refractivity contribution in [2.24, 2.45) is 0 Å². The second-order valence-corrected chi connectivity index (χ2v) is 7.84. The molecule has 2 atom stereocenters. The molecule has 3 nitrogen and oxygen atoms in total. The van der Waals surface area contributed by atoms with Gasteiger partial charge in [-0.05, 0) is 55.6 Å². The van der Waals surface area contributed by atoms with Gasteiger partial charge >= 0.3 is 0 Å². The fraction of sp³-hybridized carbons (Fsp3) is 0.588. The van der Waals surface area contributed by atoms with Crippen LogP contribution in [-0.2, 0) is 10.2 Å². The van der Waals surface area contributed by atoms with Crippen LogP contribution in [0.2, 0.25) is 0 Å². The molecule has 21 heavy (non-hydrogen) atoms. The van der Waals surface area contributed by atoms with E-state index in [0.29, 0.717) is 6.04 Å². The standard InChI is InChI=1S/C17H24N2OS/c1-2-21-15-8-7-14(11-15)19-16(20)17(9-10-17)12-3-5-13(18)6-4-12/h3-6,14-15H,2,7-11,18H2,1H3,(H,19,20). The number of carbonyl (C=O) groups is 1. The number of anilines is 1. The molecular weight excluding hydrogens is 280 g/mol. The van der Waals surface area contributed by atoms with Crippen LogP contribution < -0.4 is 11.1 Å². The third-order valence-corrected chi connectivity index (χ3v) is 6.00. The average Bonchev–Trinajstić information content (AvgIpc) is 3.17. The van der Waals surface area contributed by atoms with Crippen molar-refractivity contribution in [3.05, 3.63) is 29.8 Å². The van der Waals surface area contributed by atoms with Crippen LogP contribution in [0.4, 0.5) is 5.69 Å². The Balaban J connectivity index is 1.62. The Morgan fingerprint density at radius 2 is 2.05 bits per heavy atom. The molecule has 0 heterocycles. The molecule has 2 unspecified atom stereocenters. The van der Waals surface area contributed by atoms with Gasteiger partial charge in [0, 0.05) is 17.0 Å². The summed E-state index contributed by atoms with van der Waals surface area (Å²) in [4.78, 5) is 12.7. The first-order valence-corrected chi connectivity index (χ1v) is 8.97. The molecule has 1 aromatic carbocycles. The van der Waals surface area contributed by atoms with Crippen LogP contribution in [0.25, 0.3) is 0 Å². The number of nitrogen functional groups attached to an aromatic ring is 1. The summed E-state index contributed by atoms with van der Waals surface area (Å²) in [5.74, 6) is 1.39. The third-order valence-electron chi connectivity index (χ3n) is 4.77. The molecule has 3 rings (SSSR count). The largest absolute Gasteiger partial charge is 0.399 e. The number of rotatable bonds is 5. The van der Waals surface area contributed by atoms with Crippen molar-refractivity contribution in [2.75, 3.05) is 11.5 Å². The van der Waals surface area contributed by atoms with E-state index in [1.165, 1.54) is 12.2 Å². The quantitative estimate of drug-likeness (QED) is 0.822. The molecule has 114 valence electrons. The molecule has 2 aliphatic rings. The lowest BCUT2D eigenvalue weighted by atomic mass is 9.94. The van der Waals surface area contributed by atoms with Crippen LogP contribution in [0, 0.1) is 0 Å². The van der Waals surface area contributed by atoms with Crippen LogP contribution in [0.1, 0.15) is 44.6 Å². The second-order valence-electron chi connectivity index (χ2n) is 6.26. The first-order valence-electron chi connectivity index (χ1n) is 7.92. The minimum Gasteiger partial charge on any atom is -0.399 e. The molecule has 4 heteroatoms. The number of benzene rings is 1. The summed E-state index contributed by atoms with van der Waals surface area (Å²) >= 11 is 2.03. The van der Waals surface area contributed by atoms with Crippen molar-refractivity contribution < 1.29 is 4.79 Å². The van der Waals surface area contributed by atoms with Gasteiger partial charge in [0.2, 0.25) is 5.91 Å². The highest BCUT2D eigenvalue weighted by Gasteiger charge is 2.51. The smallest absolute Gasteiger partial charge is 0.230 e. The molecule has 0 aliphatic heterocycles. The fourth-order valence-electron chi connectivity index (χ4n) is 3.36. The minimum absolute atomic E-state index is 0.222. The van der Waals surface area contributed by atoms with Gasteiger partial charge < -0.3 is 11.1 Å². The maximum atomic E-state index is 12.7. The molecule has 0 bridgehead atoms. The monoisotopic (exact) mass is 304 g/mol. The van der Waals surface area contributed by atoms with Gasteiger partial charge in [-0.25, -0.2) is 0 Å². The Hall–Kier alpha value is -1.16. The van der Waals surface area contributed by atoms with Crippen LogP contribution >= 0.6 is 11.8 Å². The van der Waals surface area contributed by atoms with Gasteiger partial charge in [0.05, 0.1) is 5.41 Å². The molecule has 0 spiro atoms. The summed E-state index contributed by atoms with van der Waals surface area (Å²) in [5, 5.41) is 4.03. The Morgan fingerprint density at radius 3 is 2.67 bits per heavy atom. The predicted octanol–water partition coefficient (Wildman–Crippen LogP) is 3.09. The van der Waals surface area contributed by atoms with E-state index in [4.69, 9.17) is 5.73 Å². The van der Waals surface area contributed by atoms with Crippen molar-refractivity contribution in [3.8, 4) is 0 Å². The predicted molar refractivity (Wildman–Crippen MR) is 89.5 cm³/mol. The van der Waals surface area contributed by atoms with Crippen LogP contribution in [0.3, 0.4) is 0 Å². The summed E-state index contributed by atoms with van der Waals surface area (Å²) in [6.07, 6.45) is 5.41. The summed E-state index contributed by atoms with van der Waals surface area (Å²) in [6, 6.07) is 8.17. The lowest BCUT2D eigenvalue weighted by Gasteiger charge is -2.20. The molecular formula is C17H24N2OS. The Kier molecular flexibility index (Phi) is 4.16. The molecule has 1 aromatic rings. The van der Waals surface area contributed by atoms with Crippen LogP contribution in [0.15, 0.2) is 24.3 Å². The molecule has 0 aromatic heterocycles. The first-order chi connectivity index (χ1) is 10.1. The van der Waals surface area contributed by atoms with E-state index in [1.54, 1.807) is 0 Å². The summed E-state index contributed by atoms with van der Waals surface area (Å²) in [6.45, 7) is 2.21. The normalized spacial score (nSPS) is 26.5. The highest BCUT2D eigenvalue weighted by Crippen LogP contribution is 2.48. The van der Waals surface area contributed by atoms with Gasteiger partial charge in [0.25, 0.3) is 0 Å². The SMILES string of the molecule is CCSC1CCC(NC(=O)C2(c3ccc(N)cc3)CC2)C1. The summed E-state index contributed by atoms with van der Waals surface area (Å²) in [7, 11) is 0. The van der Waals surface area contributed by atoms with Gasteiger partial charge in [0.15, 0.2) is 0 Å². The number of hydrogen-bond donors (Lipinski definition) is 2. The van der Waals surface area contributed by atoms with E-state index < -0.39 is 0 Å². The van der Waals surface area contributed by atoms with E-state index in [9.17, 15) is 4.79 Å². The molecule has 0 radical (unpaired) electrons. The topological polar surface area (TPSA) is 55.1 Å². The zero-order chi connectivity index (χ0) is 14.9. The van der Waals surface area contributed by atoms with E-state index in [2.05, 4.69) is 12.2 Å². The average molecular weight is 304 g/mol. The molecule has 3 N–H and O–H groups in total. The summed E-state index contributed by atoms with van der Waals surface area (Å²) in [5.41, 5.74) is 7.34. The van der Waals surface area contributed by atoms with Crippen molar-refractivity contribution in [3.63, 3.8) is 0 Å². The second kappa shape index (κ2) is 5.91. The summed E-state index contributed by atoms with van der Waals surface area (Å²) < 4.78 is 0. The lowest BCUT2D eigenvalue weighted by molar-refractivity contribution is -0.124. The van der Waals surface area contributed by atoms with Crippen molar-refractivity contribution >= 4 is 23.4 Å². The Labute approximate surface area is 131 Å². The van der Waals surface area contributed by atoms with Crippen molar-refractivity contribution in [1.82, 2.24) is 5.32 Å². The number of nitrogens with two attached hydrogens (primary N) is 1. The Bertz CT molecular complexity index is 510. The third kappa shape index (κ3) is 3.05. The highest BCUT2D eigenvalue weighted by atomic mass is 32.2. The zero-order valence-corrected chi connectivity index (χ0v) is 13.4. The van der Waals surface area contributed by atoms with Gasteiger partial charge in [0.1, 0.15) is 0 Å². The van der Waals surface area contributed by atoms with Crippen molar-refractivity contribution in [2.45, 2.75) is 55.7 Å². The number of amides is 1. The van der Waals surface area contributed by atoms with Crippen molar-refractivity contribution in [1.29, 1.82) is 0 Å². The zero-order valence-electron chi connectivity index (χ0n) is 12.6. The molecule has 2 aliphatic carbocycles. The van der Waals surface area contributed by atoms with Gasteiger partial charge in [-0.3, -0.25) is 4.79 Å². The highest BCUT2D eigenvalue weighted by molar-refractivity contribution is 7.99. The molecule has 0 saturated heterocycles. The molecule has 1 amide bonds. The van der Waals surface area contributed by atoms with E-state index in [-0.39, 0.29) is 11.3 Å². The number of carbonyl (C=O) groups excluding carboxylic acids is 1. The lowest BCUT2D eigenvalue weighted by Crippen LogP contribution is -2.40. The minimum atomic E-state index is -0.274. The van der Waals surface area contributed by atoms with Gasteiger partial charge in [-0.2, -0.15) is 11.8 Å². The van der Waals surface area contributed by atoms with Crippen LogP contribution in [0.5, 0.6) is 0 Å². The van der Waals surface area contributed by atoms with Gasteiger partial charge in [-0.1, -0.05) is 19.1 Å². The maximum Gasteiger partial charge on any atom is 0.230 e. The van der Waals surface area contributed by atoms with E-state index in [1.807, 2.05) is 36.0 Å². The Morgan fingerprint density at radius 1 is 1.33 bits per heavy atom. The fourth-order valence-corrected chi connectivity index (χ4v) is 4.50. The van der Waals surface area contributed by atoms with E-state index >= 15 is 0 Å². The first kappa shape index (κ1) is 14.8. The number of thioether (sulfide) groups is 1. The van der Waals surface area contributed by atoms with Crippen LogP contribution in [-0.4, -0.2) is 23.0 Å². The molecule has 2 saturated carbocycles.